The topological polar surface area (TPSA) is 29.1 Å². The maximum atomic E-state index is 11.2. The molecule has 0 spiro atoms. The standard InChI is InChI=1S/C15H21NO/c1-11-3-7-14(8-4-11)16-15-9-5-13(6-10-15)12(2)17/h5-6,9-11,14,16H,3-4,7-8H2,1-2H3. The molecule has 1 saturated carbocycles. The molecule has 0 aromatic heterocycles. The molecule has 1 aromatic carbocycles. The fourth-order valence-electron chi connectivity index (χ4n) is 2.44. The van der Waals surface area contributed by atoms with Gasteiger partial charge in [-0.15, -0.1) is 0 Å². The lowest BCUT2D eigenvalue weighted by molar-refractivity contribution is 0.101. The Labute approximate surface area is 103 Å². The van der Waals surface area contributed by atoms with Gasteiger partial charge in [-0.3, -0.25) is 4.79 Å². The Hall–Kier alpha value is -1.31. The average molecular weight is 231 g/mol. The second-order valence-electron chi connectivity index (χ2n) is 5.23. The molecule has 1 N–H and O–H groups in total. The van der Waals surface area contributed by atoms with Crippen molar-refractivity contribution in [1.82, 2.24) is 0 Å². The van der Waals surface area contributed by atoms with E-state index < -0.39 is 0 Å². The fraction of sp³-hybridized carbons (Fsp3) is 0.533. The van der Waals surface area contributed by atoms with Crippen LogP contribution in [0.1, 0.15) is 49.9 Å². The van der Waals surface area contributed by atoms with E-state index in [1.807, 2.05) is 24.3 Å². The number of hydrogen-bond acceptors (Lipinski definition) is 2. The van der Waals surface area contributed by atoms with Gasteiger partial charge in [0.05, 0.1) is 0 Å². The van der Waals surface area contributed by atoms with Crippen molar-refractivity contribution in [3.8, 4) is 0 Å². The first kappa shape index (κ1) is 12.2. The Kier molecular flexibility index (Phi) is 3.82. The van der Waals surface area contributed by atoms with Gasteiger partial charge in [0.1, 0.15) is 0 Å². The molecular formula is C15H21NO. The van der Waals surface area contributed by atoms with E-state index in [1.54, 1.807) is 6.92 Å². The van der Waals surface area contributed by atoms with Crippen LogP contribution >= 0.6 is 0 Å². The van der Waals surface area contributed by atoms with Crippen LogP contribution in [-0.4, -0.2) is 11.8 Å². The Bertz CT molecular complexity index is 374. The first-order valence-corrected chi connectivity index (χ1v) is 6.52. The van der Waals surface area contributed by atoms with Gasteiger partial charge < -0.3 is 5.32 Å². The SMILES string of the molecule is CC(=O)c1ccc(NC2CCC(C)CC2)cc1. The van der Waals surface area contributed by atoms with Gasteiger partial charge >= 0.3 is 0 Å². The van der Waals surface area contributed by atoms with E-state index in [1.165, 1.54) is 25.7 Å². The third-order valence-corrected chi connectivity index (χ3v) is 3.68. The summed E-state index contributed by atoms with van der Waals surface area (Å²) in [6.07, 6.45) is 5.16. The lowest BCUT2D eigenvalue weighted by Crippen LogP contribution is -2.25. The predicted octanol–water partition coefficient (Wildman–Crippen LogP) is 3.88. The Morgan fingerprint density at radius 2 is 1.71 bits per heavy atom. The molecule has 0 atom stereocenters. The summed E-state index contributed by atoms with van der Waals surface area (Å²) in [5.74, 6) is 1.01. The molecule has 2 rings (SSSR count). The smallest absolute Gasteiger partial charge is 0.159 e. The molecule has 0 unspecified atom stereocenters. The zero-order valence-electron chi connectivity index (χ0n) is 10.7. The van der Waals surface area contributed by atoms with Gasteiger partial charge in [0.25, 0.3) is 0 Å². The molecule has 1 aliphatic carbocycles. The maximum absolute atomic E-state index is 11.2. The number of benzene rings is 1. The third kappa shape index (κ3) is 3.32. The van der Waals surface area contributed by atoms with Crippen LogP contribution in [0.4, 0.5) is 5.69 Å². The van der Waals surface area contributed by atoms with Crippen molar-refractivity contribution in [2.75, 3.05) is 5.32 Å². The molecule has 0 amide bonds. The van der Waals surface area contributed by atoms with E-state index in [9.17, 15) is 4.79 Å². The summed E-state index contributed by atoms with van der Waals surface area (Å²) in [4.78, 5) is 11.2. The molecule has 1 aromatic rings. The Morgan fingerprint density at radius 1 is 1.12 bits per heavy atom. The first-order chi connectivity index (χ1) is 8.15. The highest BCUT2D eigenvalue weighted by Gasteiger charge is 2.17. The monoisotopic (exact) mass is 231 g/mol. The van der Waals surface area contributed by atoms with Crippen LogP contribution in [0.3, 0.4) is 0 Å². The summed E-state index contributed by atoms with van der Waals surface area (Å²) in [6.45, 7) is 3.93. The van der Waals surface area contributed by atoms with E-state index >= 15 is 0 Å². The van der Waals surface area contributed by atoms with Crippen molar-refractivity contribution < 1.29 is 4.79 Å². The van der Waals surface area contributed by atoms with Crippen LogP contribution in [-0.2, 0) is 0 Å². The molecule has 0 radical (unpaired) electrons. The molecular weight excluding hydrogens is 210 g/mol. The van der Waals surface area contributed by atoms with E-state index in [0.29, 0.717) is 6.04 Å². The highest BCUT2D eigenvalue weighted by molar-refractivity contribution is 5.94. The quantitative estimate of drug-likeness (QED) is 0.800. The van der Waals surface area contributed by atoms with Crippen LogP contribution < -0.4 is 5.32 Å². The summed E-state index contributed by atoms with van der Waals surface area (Å²) in [5.41, 5.74) is 1.92. The molecule has 17 heavy (non-hydrogen) atoms. The van der Waals surface area contributed by atoms with Crippen LogP contribution in [0.5, 0.6) is 0 Å². The molecule has 0 bridgehead atoms. The summed E-state index contributed by atoms with van der Waals surface area (Å²) in [6, 6.07) is 8.42. The number of ketones is 1. The van der Waals surface area contributed by atoms with Gasteiger partial charge in [-0.2, -0.15) is 0 Å². The van der Waals surface area contributed by atoms with Crippen LogP contribution in [0, 0.1) is 5.92 Å². The average Bonchev–Trinajstić information content (AvgIpc) is 2.33. The highest BCUT2D eigenvalue weighted by atomic mass is 16.1. The minimum absolute atomic E-state index is 0.128. The van der Waals surface area contributed by atoms with Crippen LogP contribution in [0.15, 0.2) is 24.3 Å². The number of hydrogen-bond donors (Lipinski definition) is 1. The molecule has 1 fully saturated rings. The predicted molar refractivity (Wildman–Crippen MR) is 71.5 cm³/mol. The largest absolute Gasteiger partial charge is 0.382 e. The number of anilines is 1. The maximum Gasteiger partial charge on any atom is 0.159 e. The number of Topliss-reactive ketones (excluding diaryl/α,β-unsaturated/α-hetero) is 1. The van der Waals surface area contributed by atoms with E-state index in [0.717, 1.165) is 17.2 Å². The molecule has 0 aliphatic heterocycles. The normalized spacial score (nSPS) is 24.4. The number of carbonyl (C=O) groups is 1. The van der Waals surface area contributed by atoms with Crippen molar-refractivity contribution >= 4 is 11.5 Å². The zero-order valence-corrected chi connectivity index (χ0v) is 10.7. The molecule has 1 aliphatic rings. The summed E-state index contributed by atoms with van der Waals surface area (Å²) < 4.78 is 0. The molecule has 2 heteroatoms. The molecule has 92 valence electrons. The van der Waals surface area contributed by atoms with Gasteiger partial charge in [-0.05, 0) is 62.8 Å². The van der Waals surface area contributed by atoms with Gasteiger partial charge in [-0.25, -0.2) is 0 Å². The van der Waals surface area contributed by atoms with Crippen molar-refractivity contribution in [3.05, 3.63) is 29.8 Å². The lowest BCUT2D eigenvalue weighted by Gasteiger charge is -2.27. The molecule has 0 saturated heterocycles. The first-order valence-electron chi connectivity index (χ1n) is 6.52. The summed E-state index contributed by atoms with van der Waals surface area (Å²) in [7, 11) is 0. The van der Waals surface area contributed by atoms with Crippen molar-refractivity contribution in [1.29, 1.82) is 0 Å². The van der Waals surface area contributed by atoms with Crippen molar-refractivity contribution in [2.24, 2.45) is 5.92 Å². The lowest BCUT2D eigenvalue weighted by atomic mass is 9.87. The van der Waals surface area contributed by atoms with Gasteiger partial charge in [0.15, 0.2) is 5.78 Å². The number of rotatable bonds is 3. The minimum Gasteiger partial charge on any atom is -0.382 e. The second-order valence-corrected chi connectivity index (χ2v) is 5.23. The number of nitrogens with one attached hydrogen (secondary N) is 1. The van der Waals surface area contributed by atoms with Crippen molar-refractivity contribution in [3.63, 3.8) is 0 Å². The van der Waals surface area contributed by atoms with Crippen molar-refractivity contribution in [2.45, 2.75) is 45.6 Å². The number of carbonyl (C=O) groups excluding carboxylic acids is 1. The van der Waals surface area contributed by atoms with E-state index in [4.69, 9.17) is 0 Å². The van der Waals surface area contributed by atoms with Crippen LogP contribution in [0.2, 0.25) is 0 Å². The minimum atomic E-state index is 0.128. The fourth-order valence-corrected chi connectivity index (χ4v) is 2.44. The van der Waals surface area contributed by atoms with Gasteiger partial charge in [0.2, 0.25) is 0 Å². The second kappa shape index (κ2) is 5.35. The molecule has 0 heterocycles. The van der Waals surface area contributed by atoms with E-state index in [2.05, 4.69) is 12.2 Å². The van der Waals surface area contributed by atoms with Gasteiger partial charge in [-0.1, -0.05) is 6.92 Å². The Morgan fingerprint density at radius 3 is 2.24 bits per heavy atom. The molecule has 2 nitrogen and oxygen atoms in total. The zero-order chi connectivity index (χ0) is 12.3. The Balaban J connectivity index is 1.92. The summed E-state index contributed by atoms with van der Waals surface area (Å²) >= 11 is 0. The van der Waals surface area contributed by atoms with Gasteiger partial charge in [0, 0.05) is 17.3 Å². The third-order valence-electron chi connectivity index (χ3n) is 3.68. The van der Waals surface area contributed by atoms with E-state index in [-0.39, 0.29) is 5.78 Å². The highest BCUT2D eigenvalue weighted by Crippen LogP contribution is 2.26. The summed E-state index contributed by atoms with van der Waals surface area (Å²) in [5, 5.41) is 3.56. The van der Waals surface area contributed by atoms with Crippen LogP contribution in [0.25, 0.3) is 0 Å².